The van der Waals surface area contributed by atoms with Crippen molar-refractivity contribution in [1.29, 1.82) is 0 Å². The van der Waals surface area contributed by atoms with E-state index in [9.17, 15) is 4.79 Å². The summed E-state index contributed by atoms with van der Waals surface area (Å²) in [4.78, 5) is 16.7. The Kier molecular flexibility index (Phi) is 6.34. The first-order valence-electron chi connectivity index (χ1n) is 9.62. The summed E-state index contributed by atoms with van der Waals surface area (Å²) < 4.78 is 1.90. The maximum absolute atomic E-state index is 12.6. The SMILES string of the molecule is Cc1cc(C)cc(NC(=O)CSc2nnc(-c3cccnc3)n2-c2ccc(Cl)cc2)c1. The predicted molar refractivity (Wildman–Crippen MR) is 125 cm³/mol. The van der Waals surface area contributed by atoms with Crippen LogP contribution < -0.4 is 5.32 Å². The molecule has 0 saturated carbocycles. The highest BCUT2D eigenvalue weighted by molar-refractivity contribution is 7.99. The monoisotopic (exact) mass is 449 g/mol. The number of amides is 1. The van der Waals surface area contributed by atoms with Crippen molar-refractivity contribution in [2.24, 2.45) is 0 Å². The zero-order chi connectivity index (χ0) is 21.8. The molecule has 0 spiro atoms. The number of hydrogen-bond acceptors (Lipinski definition) is 5. The second kappa shape index (κ2) is 9.32. The van der Waals surface area contributed by atoms with E-state index in [0.29, 0.717) is 16.0 Å². The predicted octanol–water partition coefficient (Wildman–Crippen LogP) is 5.33. The molecule has 2 aromatic carbocycles. The lowest BCUT2D eigenvalue weighted by Crippen LogP contribution is -2.14. The van der Waals surface area contributed by atoms with E-state index in [-0.39, 0.29) is 11.7 Å². The van der Waals surface area contributed by atoms with Crippen molar-refractivity contribution >= 4 is 35.0 Å². The molecule has 0 radical (unpaired) electrons. The normalized spacial score (nSPS) is 10.8. The van der Waals surface area contributed by atoms with E-state index in [4.69, 9.17) is 11.6 Å². The van der Waals surface area contributed by atoms with Gasteiger partial charge in [0.25, 0.3) is 0 Å². The maximum Gasteiger partial charge on any atom is 0.234 e. The van der Waals surface area contributed by atoms with Crippen molar-refractivity contribution in [1.82, 2.24) is 19.7 Å². The Morgan fingerprint density at radius 1 is 1.06 bits per heavy atom. The minimum atomic E-state index is -0.108. The Morgan fingerprint density at radius 2 is 1.81 bits per heavy atom. The number of nitrogens with zero attached hydrogens (tertiary/aromatic N) is 4. The van der Waals surface area contributed by atoms with E-state index >= 15 is 0 Å². The van der Waals surface area contributed by atoms with Crippen LogP contribution in [0.1, 0.15) is 11.1 Å². The summed E-state index contributed by atoms with van der Waals surface area (Å²) in [5.74, 6) is 0.738. The van der Waals surface area contributed by atoms with Gasteiger partial charge >= 0.3 is 0 Å². The molecule has 0 bridgehead atoms. The Hall–Kier alpha value is -3.16. The second-order valence-electron chi connectivity index (χ2n) is 7.07. The van der Waals surface area contributed by atoms with Gasteiger partial charge in [0.05, 0.1) is 5.75 Å². The molecule has 0 fully saturated rings. The van der Waals surface area contributed by atoms with Crippen LogP contribution in [0.25, 0.3) is 17.1 Å². The highest BCUT2D eigenvalue weighted by Gasteiger charge is 2.17. The van der Waals surface area contributed by atoms with Crippen LogP contribution in [0, 0.1) is 13.8 Å². The standard InChI is InChI=1S/C23H20ClN5OS/c1-15-10-16(2)12-19(11-15)26-21(30)14-31-23-28-27-22(17-4-3-9-25-13-17)29(23)20-7-5-18(24)6-8-20/h3-13H,14H2,1-2H3,(H,26,30). The van der Waals surface area contributed by atoms with Crippen molar-refractivity contribution in [3.05, 3.63) is 83.1 Å². The summed E-state index contributed by atoms with van der Waals surface area (Å²) in [6, 6.07) is 17.1. The number of carbonyl (C=O) groups is 1. The Bertz CT molecular complexity index is 1190. The quantitative estimate of drug-likeness (QED) is 0.403. The molecule has 1 amide bonds. The number of aryl methyl sites for hydroxylation is 2. The second-order valence-corrected chi connectivity index (χ2v) is 8.45. The topological polar surface area (TPSA) is 72.7 Å². The number of halogens is 1. The summed E-state index contributed by atoms with van der Waals surface area (Å²) in [7, 11) is 0. The van der Waals surface area contributed by atoms with Crippen LogP contribution in [0.5, 0.6) is 0 Å². The molecule has 2 heterocycles. The molecule has 8 heteroatoms. The molecule has 2 aromatic heterocycles. The summed E-state index contributed by atoms with van der Waals surface area (Å²) in [5, 5.41) is 12.9. The molecule has 4 aromatic rings. The fourth-order valence-electron chi connectivity index (χ4n) is 3.24. The van der Waals surface area contributed by atoms with Gasteiger partial charge in [-0.2, -0.15) is 0 Å². The third kappa shape index (κ3) is 5.13. The molecule has 6 nitrogen and oxygen atoms in total. The molecule has 0 aliphatic rings. The number of pyridine rings is 1. The average Bonchev–Trinajstić information content (AvgIpc) is 3.17. The molecule has 156 valence electrons. The van der Waals surface area contributed by atoms with Gasteiger partial charge in [0.1, 0.15) is 0 Å². The summed E-state index contributed by atoms with van der Waals surface area (Å²) >= 11 is 7.38. The largest absolute Gasteiger partial charge is 0.325 e. The Labute approximate surface area is 189 Å². The lowest BCUT2D eigenvalue weighted by atomic mass is 10.1. The van der Waals surface area contributed by atoms with Crippen LogP contribution in [0.15, 0.2) is 72.1 Å². The van der Waals surface area contributed by atoms with Crippen molar-refractivity contribution in [2.45, 2.75) is 19.0 Å². The average molecular weight is 450 g/mol. The molecule has 4 rings (SSSR count). The first kappa shape index (κ1) is 21.1. The first-order valence-corrected chi connectivity index (χ1v) is 11.0. The zero-order valence-electron chi connectivity index (χ0n) is 17.0. The van der Waals surface area contributed by atoms with Gasteiger partial charge in [-0.05, 0) is 73.5 Å². The van der Waals surface area contributed by atoms with E-state index in [1.807, 2.05) is 66.9 Å². The van der Waals surface area contributed by atoms with Gasteiger partial charge in [-0.1, -0.05) is 29.4 Å². The van der Waals surface area contributed by atoms with Gasteiger partial charge in [-0.3, -0.25) is 14.3 Å². The van der Waals surface area contributed by atoms with Crippen LogP contribution in [-0.4, -0.2) is 31.4 Å². The highest BCUT2D eigenvalue weighted by Crippen LogP contribution is 2.28. The lowest BCUT2D eigenvalue weighted by molar-refractivity contribution is -0.113. The van der Waals surface area contributed by atoms with Gasteiger partial charge in [-0.15, -0.1) is 10.2 Å². The van der Waals surface area contributed by atoms with Crippen LogP contribution in [-0.2, 0) is 4.79 Å². The number of aromatic nitrogens is 4. The summed E-state index contributed by atoms with van der Waals surface area (Å²) in [6.45, 7) is 4.01. The first-order chi connectivity index (χ1) is 15.0. The molecule has 0 aliphatic carbocycles. The molecular weight excluding hydrogens is 430 g/mol. The van der Waals surface area contributed by atoms with Crippen LogP contribution in [0.3, 0.4) is 0 Å². The van der Waals surface area contributed by atoms with Gasteiger partial charge < -0.3 is 5.32 Å². The number of hydrogen-bond donors (Lipinski definition) is 1. The van der Waals surface area contributed by atoms with Gasteiger partial charge in [-0.25, -0.2) is 0 Å². The molecule has 1 N–H and O–H groups in total. The molecule has 0 saturated heterocycles. The number of benzene rings is 2. The number of rotatable bonds is 6. The van der Waals surface area contributed by atoms with Crippen molar-refractivity contribution in [3.63, 3.8) is 0 Å². The molecule has 0 unspecified atom stereocenters. The molecule has 0 atom stereocenters. The van der Waals surface area contributed by atoms with Crippen molar-refractivity contribution < 1.29 is 4.79 Å². The van der Waals surface area contributed by atoms with Crippen LogP contribution in [0.2, 0.25) is 5.02 Å². The lowest BCUT2D eigenvalue weighted by Gasteiger charge is -2.11. The number of thioether (sulfide) groups is 1. The minimum absolute atomic E-state index is 0.108. The van der Waals surface area contributed by atoms with E-state index in [2.05, 4.69) is 26.6 Å². The molecular formula is C23H20ClN5OS. The van der Waals surface area contributed by atoms with Gasteiger partial charge in [0.15, 0.2) is 11.0 Å². The van der Waals surface area contributed by atoms with Crippen LogP contribution in [0.4, 0.5) is 5.69 Å². The van der Waals surface area contributed by atoms with Crippen molar-refractivity contribution in [3.8, 4) is 17.1 Å². The van der Waals surface area contributed by atoms with E-state index in [0.717, 1.165) is 28.1 Å². The van der Waals surface area contributed by atoms with E-state index in [1.165, 1.54) is 11.8 Å². The third-order valence-corrected chi connectivity index (χ3v) is 5.66. The van der Waals surface area contributed by atoms with Gasteiger partial charge in [0, 0.05) is 34.4 Å². The fraction of sp³-hybridized carbons (Fsp3) is 0.130. The molecule has 0 aliphatic heterocycles. The highest BCUT2D eigenvalue weighted by atomic mass is 35.5. The summed E-state index contributed by atoms with van der Waals surface area (Å²) in [5.41, 5.74) is 4.68. The Morgan fingerprint density at radius 3 is 2.48 bits per heavy atom. The maximum atomic E-state index is 12.6. The third-order valence-electron chi connectivity index (χ3n) is 4.48. The van der Waals surface area contributed by atoms with E-state index in [1.54, 1.807) is 12.4 Å². The van der Waals surface area contributed by atoms with Crippen LogP contribution >= 0.6 is 23.4 Å². The Balaban J connectivity index is 1.58. The van der Waals surface area contributed by atoms with Gasteiger partial charge in [0.2, 0.25) is 5.91 Å². The molecule has 31 heavy (non-hydrogen) atoms. The van der Waals surface area contributed by atoms with Crippen molar-refractivity contribution in [2.75, 3.05) is 11.1 Å². The fourth-order valence-corrected chi connectivity index (χ4v) is 4.12. The smallest absolute Gasteiger partial charge is 0.234 e. The number of anilines is 1. The minimum Gasteiger partial charge on any atom is -0.325 e. The number of nitrogens with one attached hydrogen (secondary N) is 1. The number of carbonyl (C=O) groups excluding carboxylic acids is 1. The zero-order valence-corrected chi connectivity index (χ0v) is 18.6. The van der Waals surface area contributed by atoms with E-state index < -0.39 is 0 Å². The summed E-state index contributed by atoms with van der Waals surface area (Å²) in [6.07, 6.45) is 3.44.